The Morgan fingerprint density at radius 3 is 2.75 bits per heavy atom. The minimum Gasteiger partial charge on any atom is -0.490 e. The molecule has 1 aromatic carbocycles. The van der Waals surface area contributed by atoms with Crippen molar-refractivity contribution < 1.29 is 14.3 Å². The van der Waals surface area contributed by atoms with Crippen LogP contribution < -0.4 is 20.5 Å². The molecule has 1 amide bonds. The van der Waals surface area contributed by atoms with E-state index in [2.05, 4.69) is 35.4 Å². The van der Waals surface area contributed by atoms with Gasteiger partial charge in [-0.1, -0.05) is 19.9 Å². The third-order valence-electron chi connectivity index (χ3n) is 3.90. The van der Waals surface area contributed by atoms with Crippen molar-refractivity contribution in [3.05, 3.63) is 36.0 Å². The normalized spacial score (nSPS) is 12.8. The number of nitrogens with one attached hydrogen (secondary N) is 1. The van der Waals surface area contributed by atoms with Crippen molar-refractivity contribution >= 4 is 6.09 Å². The molecule has 3 N–H and O–H groups in total. The van der Waals surface area contributed by atoms with E-state index in [0.717, 1.165) is 12.0 Å². The van der Waals surface area contributed by atoms with Gasteiger partial charge < -0.3 is 20.5 Å². The maximum Gasteiger partial charge on any atom is 0.413 e. The molecular formula is C20H25N5O3. The standard InChI is InChI=1S/C20H25N5O3/c1-13(2)9-20(3,22)12-27-17-6-5-14(7-15(17)10-21)16-8-18(25-24-11-16)28-19(26)23-4/h5-8,11,13H,9,12,22H2,1-4H3,(H,23,26)/t20-/m0/s1. The van der Waals surface area contributed by atoms with Crippen LogP contribution >= 0.6 is 0 Å². The molecule has 8 heteroatoms. The van der Waals surface area contributed by atoms with E-state index in [9.17, 15) is 10.1 Å². The van der Waals surface area contributed by atoms with Crippen molar-refractivity contribution in [3.63, 3.8) is 0 Å². The molecule has 28 heavy (non-hydrogen) atoms. The lowest BCUT2D eigenvalue weighted by Crippen LogP contribution is -2.43. The summed E-state index contributed by atoms with van der Waals surface area (Å²) >= 11 is 0. The fourth-order valence-electron chi connectivity index (χ4n) is 2.86. The first-order chi connectivity index (χ1) is 13.2. The van der Waals surface area contributed by atoms with E-state index < -0.39 is 11.6 Å². The van der Waals surface area contributed by atoms with Crippen molar-refractivity contribution in [1.82, 2.24) is 15.5 Å². The van der Waals surface area contributed by atoms with Gasteiger partial charge in [0.25, 0.3) is 0 Å². The van der Waals surface area contributed by atoms with E-state index >= 15 is 0 Å². The number of ether oxygens (including phenoxy) is 2. The zero-order valence-corrected chi connectivity index (χ0v) is 16.5. The van der Waals surface area contributed by atoms with E-state index in [0.29, 0.717) is 29.4 Å². The molecule has 2 rings (SSSR count). The van der Waals surface area contributed by atoms with Gasteiger partial charge in [-0.25, -0.2) is 4.79 Å². The van der Waals surface area contributed by atoms with Crippen molar-refractivity contribution in [2.45, 2.75) is 32.7 Å². The van der Waals surface area contributed by atoms with Gasteiger partial charge in [0.15, 0.2) is 0 Å². The molecule has 0 radical (unpaired) electrons. The second kappa shape index (κ2) is 9.15. The van der Waals surface area contributed by atoms with Gasteiger partial charge in [0, 0.05) is 24.2 Å². The summed E-state index contributed by atoms with van der Waals surface area (Å²) in [5.74, 6) is 0.973. The molecule has 0 saturated heterocycles. The predicted octanol–water partition coefficient (Wildman–Crippen LogP) is 2.88. The Bertz CT molecular complexity index is 874. The molecule has 1 heterocycles. The first-order valence-corrected chi connectivity index (χ1v) is 8.92. The molecule has 8 nitrogen and oxygen atoms in total. The Labute approximate surface area is 164 Å². The number of hydrogen-bond acceptors (Lipinski definition) is 7. The Morgan fingerprint density at radius 2 is 2.11 bits per heavy atom. The predicted molar refractivity (Wildman–Crippen MR) is 105 cm³/mol. The Kier molecular flexibility index (Phi) is 6.90. The fourth-order valence-corrected chi connectivity index (χ4v) is 2.86. The number of carbonyl (C=O) groups excluding carboxylic acids is 1. The van der Waals surface area contributed by atoms with Crippen LogP contribution in [-0.2, 0) is 0 Å². The summed E-state index contributed by atoms with van der Waals surface area (Å²) in [5, 5.41) is 19.4. The highest BCUT2D eigenvalue weighted by Gasteiger charge is 2.21. The summed E-state index contributed by atoms with van der Waals surface area (Å²) in [4.78, 5) is 11.3. The fraction of sp³-hybridized carbons (Fsp3) is 0.400. The molecule has 0 aliphatic carbocycles. The highest BCUT2D eigenvalue weighted by Crippen LogP contribution is 2.28. The highest BCUT2D eigenvalue weighted by atomic mass is 16.6. The first-order valence-electron chi connectivity index (χ1n) is 8.92. The van der Waals surface area contributed by atoms with Crippen molar-refractivity contribution in [2.75, 3.05) is 13.7 Å². The smallest absolute Gasteiger partial charge is 0.413 e. The summed E-state index contributed by atoms with van der Waals surface area (Å²) < 4.78 is 10.8. The molecule has 0 aliphatic heterocycles. The lowest BCUT2D eigenvalue weighted by molar-refractivity contribution is 0.200. The quantitative estimate of drug-likeness (QED) is 0.753. The van der Waals surface area contributed by atoms with Crippen molar-refractivity contribution in [3.8, 4) is 28.8 Å². The summed E-state index contributed by atoms with van der Waals surface area (Å²) in [6.45, 7) is 6.45. The van der Waals surface area contributed by atoms with Crippen LogP contribution in [0.15, 0.2) is 30.5 Å². The monoisotopic (exact) mass is 383 g/mol. The number of nitriles is 1. The lowest BCUT2D eigenvalue weighted by Gasteiger charge is -2.26. The molecule has 1 atom stereocenters. The van der Waals surface area contributed by atoms with E-state index in [1.165, 1.54) is 13.2 Å². The summed E-state index contributed by atoms with van der Waals surface area (Å²) in [6.07, 6.45) is 1.69. The number of rotatable bonds is 7. The number of nitrogens with two attached hydrogens (primary N) is 1. The number of amides is 1. The maximum absolute atomic E-state index is 11.3. The van der Waals surface area contributed by atoms with Crippen LogP contribution in [-0.4, -0.2) is 35.5 Å². The average Bonchev–Trinajstić information content (AvgIpc) is 2.65. The minimum atomic E-state index is -0.640. The molecule has 0 aliphatic rings. The van der Waals surface area contributed by atoms with Gasteiger partial charge >= 0.3 is 6.09 Å². The van der Waals surface area contributed by atoms with Gasteiger partial charge in [0.2, 0.25) is 5.88 Å². The second-order valence-electron chi connectivity index (χ2n) is 7.29. The van der Waals surface area contributed by atoms with Crippen LogP contribution in [0.2, 0.25) is 0 Å². The largest absolute Gasteiger partial charge is 0.490 e. The first kappa shape index (κ1) is 21.1. The molecule has 148 valence electrons. The maximum atomic E-state index is 11.3. The van der Waals surface area contributed by atoms with Gasteiger partial charge in [-0.2, -0.15) is 10.4 Å². The third-order valence-corrected chi connectivity index (χ3v) is 3.90. The van der Waals surface area contributed by atoms with Crippen LogP contribution in [0.4, 0.5) is 4.79 Å². The van der Waals surface area contributed by atoms with Gasteiger partial charge in [-0.3, -0.25) is 0 Å². The SMILES string of the molecule is CNC(=O)Oc1cc(-c2ccc(OC[C@@](C)(N)CC(C)C)c(C#N)c2)cnn1. The van der Waals surface area contributed by atoms with Crippen molar-refractivity contribution in [1.29, 1.82) is 5.26 Å². The molecule has 0 spiro atoms. The van der Waals surface area contributed by atoms with Crippen LogP contribution in [0.25, 0.3) is 11.1 Å². The van der Waals surface area contributed by atoms with Crippen molar-refractivity contribution in [2.24, 2.45) is 11.7 Å². The minimum absolute atomic E-state index is 0.0586. The number of nitrogens with zero attached hydrogens (tertiary/aromatic N) is 3. The average molecular weight is 383 g/mol. The molecule has 1 aromatic heterocycles. The van der Waals surface area contributed by atoms with Gasteiger partial charge in [-0.15, -0.1) is 5.10 Å². The Morgan fingerprint density at radius 1 is 1.36 bits per heavy atom. The zero-order valence-electron chi connectivity index (χ0n) is 16.5. The van der Waals surface area contributed by atoms with Crippen LogP contribution in [0, 0.1) is 17.2 Å². The van der Waals surface area contributed by atoms with Crippen LogP contribution in [0.3, 0.4) is 0 Å². The van der Waals surface area contributed by atoms with E-state index in [4.69, 9.17) is 15.2 Å². The molecule has 0 fully saturated rings. The topological polar surface area (TPSA) is 123 Å². The zero-order chi connectivity index (χ0) is 20.7. The third kappa shape index (κ3) is 5.93. The Hall–Kier alpha value is -3.18. The van der Waals surface area contributed by atoms with Gasteiger partial charge in [-0.05, 0) is 37.0 Å². The number of carbonyl (C=O) groups is 1. The Balaban J connectivity index is 2.20. The highest BCUT2D eigenvalue weighted by molar-refractivity contribution is 5.71. The van der Waals surface area contributed by atoms with E-state index in [1.54, 1.807) is 24.3 Å². The number of benzene rings is 1. The molecule has 0 saturated carbocycles. The summed E-state index contributed by atoms with van der Waals surface area (Å²) in [6, 6.07) is 8.92. The molecule has 0 bridgehead atoms. The van der Waals surface area contributed by atoms with Gasteiger partial charge in [0.1, 0.15) is 18.4 Å². The molecule has 2 aromatic rings. The summed E-state index contributed by atoms with van der Waals surface area (Å²) in [7, 11) is 1.45. The number of aromatic nitrogens is 2. The second-order valence-corrected chi connectivity index (χ2v) is 7.29. The van der Waals surface area contributed by atoms with Gasteiger partial charge in [0.05, 0.1) is 11.8 Å². The molecule has 0 unspecified atom stereocenters. The summed E-state index contributed by atoms with van der Waals surface area (Å²) in [5.41, 5.74) is 7.54. The van der Waals surface area contributed by atoms with E-state index in [1.807, 2.05) is 6.92 Å². The van der Waals surface area contributed by atoms with E-state index in [-0.39, 0.29) is 5.88 Å². The lowest BCUT2D eigenvalue weighted by atomic mass is 9.93. The number of hydrogen-bond donors (Lipinski definition) is 2. The molecular weight excluding hydrogens is 358 g/mol. The van der Waals surface area contributed by atoms with Crippen LogP contribution in [0.1, 0.15) is 32.8 Å². The van der Waals surface area contributed by atoms with Crippen LogP contribution in [0.5, 0.6) is 11.6 Å².